The first-order valence-electron chi connectivity index (χ1n) is 6.39. The van der Waals surface area contributed by atoms with Crippen molar-refractivity contribution in [2.75, 3.05) is 13.1 Å². The Morgan fingerprint density at radius 2 is 2.00 bits per heavy atom. The van der Waals surface area contributed by atoms with Gasteiger partial charge in [-0.1, -0.05) is 30.3 Å². The molecule has 0 unspecified atom stereocenters. The third-order valence-electron chi connectivity index (χ3n) is 3.97. The largest absolute Gasteiger partial charge is 0.335 e. The molecule has 1 saturated heterocycles. The van der Waals surface area contributed by atoms with Crippen LogP contribution in [0.1, 0.15) is 24.8 Å². The minimum Gasteiger partial charge on any atom is -0.335 e. The van der Waals surface area contributed by atoms with E-state index in [1.54, 1.807) is 0 Å². The average molecular weight is 230 g/mol. The van der Waals surface area contributed by atoms with Gasteiger partial charge in [0.25, 0.3) is 0 Å². The van der Waals surface area contributed by atoms with Gasteiger partial charge in [0.15, 0.2) is 0 Å². The molecule has 1 amide bonds. The van der Waals surface area contributed by atoms with Crippen LogP contribution in [0.2, 0.25) is 0 Å². The molecule has 1 aliphatic carbocycles. The number of carbonyl (C=O) groups is 1. The van der Waals surface area contributed by atoms with Gasteiger partial charge in [-0.05, 0) is 24.8 Å². The molecule has 2 fully saturated rings. The maximum Gasteiger partial charge on any atom is 0.243 e. The summed E-state index contributed by atoms with van der Waals surface area (Å²) in [6.07, 6.45) is 3.20. The molecule has 3 heteroatoms. The zero-order chi connectivity index (χ0) is 11.7. The van der Waals surface area contributed by atoms with Crippen LogP contribution in [0.4, 0.5) is 0 Å². The number of piperazine rings is 1. The van der Waals surface area contributed by atoms with Crippen LogP contribution in [0.3, 0.4) is 0 Å². The minimum atomic E-state index is -0.201. The van der Waals surface area contributed by atoms with Crippen LogP contribution in [0, 0.1) is 0 Å². The van der Waals surface area contributed by atoms with Gasteiger partial charge < -0.3 is 10.2 Å². The summed E-state index contributed by atoms with van der Waals surface area (Å²) in [6, 6.07) is 10.2. The quantitative estimate of drug-likeness (QED) is 0.836. The molecule has 2 aliphatic rings. The fourth-order valence-electron chi connectivity index (χ4n) is 2.79. The topological polar surface area (TPSA) is 32.3 Å². The van der Waals surface area contributed by atoms with E-state index in [4.69, 9.17) is 0 Å². The second kappa shape index (κ2) is 4.15. The average Bonchev–Trinajstić information content (AvgIpc) is 2.31. The summed E-state index contributed by atoms with van der Waals surface area (Å²) in [4.78, 5) is 14.4. The second-order valence-electron chi connectivity index (χ2n) is 5.07. The SMILES string of the molecule is O=C1N(Cc2ccccc2)CCNC12CCC2. The van der Waals surface area contributed by atoms with Gasteiger partial charge in [0.05, 0.1) is 5.54 Å². The molecule has 0 radical (unpaired) electrons. The monoisotopic (exact) mass is 230 g/mol. The lowest BCUT2D eigenvalue weighted by atomic mass is 9.74. The van der Waals surface area contributed by atoms with Crippen molar-refractivity contribution in [3.63, 3.8) is 0 Å². The Morgan fingerprint density at radius 1 is 1.24 bits per heavy atom. The molecular formula is C14H18N2O. The standard InChI is InChI=1S/C14H18N2O/c17-13-14(7-4-8-14)15-9-10-16(13)11-12-5-2-1-3-6-12/h1-3,5-6,15H,4,7-11H2. The molecule has 90 valence electrons. The normalized spacial score (nSPS) is 22.6. The van der Waals surface area contributed by atoms with Crippen molar-refractivity contribution in [1.82, 2.24) is 10.2 Å². The van der Waals surface area contributed by atoms with Crippen molar-refractivity contribution in [3.8, 4) is 0 Å². The van der Waals surface area contributed by atoms with E-state index in [9.17, 15) is 4.79 Å². The number of nitrogens with one attached hydrogen (secondary N) is 1. The predicted molar refractivity (Wildman–Crippen MR) is 66.4 cm³/mol. The summed E-state index contributed by atoms with van der Waals surface area (Å²) >= 11 is 0. The van der Waals surface area contributed by atoms with E-state index in [0.29, 0.717) is 5.91 Å². The van der Waals surface area contributed by atoms with E-state index in [1.807, 2.05) is 23.1 Å². The zero-order valence-corrected chi connectivity index (χ0v) is 9.98. The molecule has 1 N–H and O–H groups in total. The summed E-state index contributed by atoms with van der Waals surface area (Å²) in [5.41, 5.74) is 1.02. The van der Waals surface area contributed by atoms with E-state index >= 15 is 0 Å². The molecule has 0 atom stereocenters. The Bertz CT molecular complexity index is 411. The number of nitrogens with zero attached hydrogens (tertiary/aromatic N) is 1. The maximum atomic E-state index is 12.4. The van der Waals surface area contributed by atoms with Crippen LogP contribution in [0.25, 0.3) is 0 Å². The van der Waals surface area contributed by atoms with E-state index in [-0.39, 0.29) is 5.54 Å². The van der Waals surface area contributed by atoms with Gasteiger partial charge in [0, 0.05) is 19.6 Å². The first-order chi connectivity index (χ1) is 8.30. The molecule has 1 aromatic rings. The molecule has 1 aromatic carbocycles. The highest BCUT2D eigenvalue weighted by Crippen LogP contribution is 2.35. The van der Waals surface area contributed by atoms with Crippen LogP contribution in [0.5, 0.6) is 0 Å². The van der Waals surface area contributed by atoms with E-state index in [0.717, 1.165) is 32.5 Å². The van der Waals surface area contributed by atoms with E-state index in [2.05, 4.69) is 17.4 Å². The summed E-state index contributed by atoms with van der Waals surface area (Å²) in [7, 11) is 0. The third-order valence-corrected chi connectivity index (χ3v) is 3.97. The Labute approximate surface area is 102 Å². The Morgan fingerprint density at radius 3 is 2.65 bits per heavy atom. The highest BCUT2D eigenvalue weighted by atomic mass is 16.2. The molecule has 1 aliphatic heterocycles. The van der Waals surface area contributed by atoms with Gasteiger partial charge in [-0.25, -0.2) is 0 Å². The van der Waals surface area contributed by atoms with Gasteiger partial charge in [-0.15, -0.1) is 0 Å². The minimum absolute atomic E-state index is 0.201. The van der Waals surface area contributed by atoms with Gasteiger partial charge >= 0.3 is 0 Å². The van der Waals surface area contributed by atoms with Gasteiger partial charge in [0.2, 0.25) is 5.91 Å². The summed E-state index contributed by atoms with van der Waals surface area (Å²) < 4.78 is 0. The fourth-order valence-corrected chi connectivity index (χ4v) is 2.79. The highest BCUT2D eigenvalue weighted by Gasteiger charge is 2.47. The van der Waals surface area contributed by atoms with Gasteiger partial charge in [-0.2, -0.15) is 0 Å². The van der Waals surface area contributed by atoms with Crippen molar-refractivity contribution in [2.45, 2.75) is 31.3 Å². The van der Waals surface area contributed by atoms with Gasteiger partial charge in [-0.3, -0.25) is 4.79 Å². The van der Waals surface area contributed by atoms with Crippen molar-refractivity contribution in [2.24, 2.45) is 0 Å². The molecular weight excluding hydrogens is 212 g/mol. The van der Waals surface area contributed by atoms with Crippen LogP contribution in [0.15, 0.2) is 30.3 Å². The number of benzene rings is 1. The lowest BCUT2D eigenvalue weighted by molar-refractivity contribution is -0.146. The van der Waals surface area contributed by atoms with E-state index in [1.165, 1.54) is 12.0 Å². The van der Waals surface area contributed by atoms with Crippen LogP contribution >= 0.6 is 0 Å². The lowest BCUT2D eigenvalue weighted by Crippen LogP contribution is -2.67. The number of rotatable bonds is 2. The molecule has 3 rings (SSSR count). The first-order valence-corrected chi connectivity index (χ1v) is 6.39. The van der Waals surface area contributed by atoms with Crippen LogP contribution in [-0.4, -0.2) is 29.4 Å². The Balaban J connectivity index is 1.73. The highest BCUT2D eigenvalue weighted by molar-refractivity contribution is 5.88. The van der Waals surface area contributed by atoms with E-state index < -0.39 is 0 Å². The van der Waals surface area contributed by atoms with Crippen LogP contribution in [-0.2, 0) is 11.3 Å². The second-order valence-corrected chi connectivity index (χ2v) is 5.07. The third kappa shape index (κ3) is 1.84. The zero-order valence-electron chi connectivity index (χ0n) is 9.98. The number of amides is 1. The van der Waals surface area contributed by atoms with Crippen molar-refractivity contribution >= 4 is 5.91 Å². The van der Waals surface area contributed by atoms with Crippen molar-refractivity contribution < 1.29 is 4.79 Å². The summed E-state index contributed by atoms with van der Waals surface area (Å²) in [6.45, 7) is 2.51. The number of hydrogen-bond donors (Lipinski definition) is 1. The smallest absolute Gasteiger partial charge is 0.243 e. The Kier molecular flexibility index (Phi) is 2.63. The van der Waals surface area contributed by atoms with Crippen LogP contribution < -0.4 is 5.32 Å². The fraction of sp³-hybridized carbons (Fsp3) is 0.500. The predicted octanol–water partition coefficient (Wildman–Crippen LogP) is 1.54. The van der Waals surface area contributed by atoms with Crippen molar-refractivity contribution in [1.29, 1.82) is 0 Å². The molecule has 1 saturated carbocycles. The van der Waals surface area contributed by atoms with Gasteiger partial charge in [0.1, 0.15) is 0 Å². The first kappa shape index (κ1) is 10.8. The molecule has 1 heterocycles. The summed E-state index contributed by atoms with van der Waals surface area (Å²) in [5.74, 6) is 0.304. The number of hydrogen-bond acceptors (Lipinski definition) is 2. The number of carbonyl (C=O) groups excluding carboxylic acids is 1. The maximum absolute atomic E-state index is 12.4. The molecule has 1 spiro atoms. The molecule has 0 bridgehead atoms. The summed E-state index contributed by atoms with van der Waals surface area (Å²) in [5, 5.41) is 3.41. The Hall–Kier alpha value is -1.35. The van der Waals surface area contributed by atoms with Crippen molar-refractivity contribution in [3.05, 3.63) is 35.9 Å². The molecule has 17 heavy (non-hydrogen) atoms. The molecule has 3 nitrogen and oxygen atoms in total. The lowest BCUT2D eigenvalue weighted by Gasteiger charge is -2.48. The molecule has 0 aromatic heterocycles.